The highest BCUT2D eigenvalue weighted by Crippen LogP contribution is 2.14. The molecule has 0 bridgehead atoms. The predicted octanol–water partition coefficient (Wildman–Crippen LogP) is 2.02. The van der Waals surface area contributed by atoms with Crippen LogP contribution in [0.5, 0.6) is 0 Å². The van der Waals surface area contributed by atoms with Gasteiger partial charge in [0.15, 0.2) is 0 Å². The van der Waals surface area contributed by atoms with Crippen molar-refractivity contribution in [3.05, 3.63) is 35.9 Å². The Morgan fingerprint density at radius 3 is 2.26 bits per heavy atom. The number of carbonyl (C=O) groups excluding carboxylic acids is 4. The van der Waals surface area contributed by atoms with E-state index in [1.807, 2.05) is 13.0 Å². The Bertz CT molecular complexity index is 821. The van der Waals surface area contributed by atoms with E-state index in [1.165, 1.54) is 0 Å². The van der Waals surface area contributed by atoms with Crippen LogP contribution >= 0.6 is 0 Å². The minimum Gasteiger partial charge on any atom is -0.461 e. The molecule has 0 saturated carbocycles. The second-order valence-corrected chi connectivity index (χ2v) is 7.86. The maximum absolute atomic E-state index is 12.5. The quantitative estimate of drug-likeness (QED) is 0.249. The zero-order chi connectivity index (χ0) is 26.3. The highest BCUT2D eigenvalue weighted by atomic mass is 19.4. The molecule has 0 aliphatic carbocycles. The number of halogens is 3. The van der Waals surface area contributed by atoms with Crippen LogP contribution in [0.1, 0.15) is 51.0 Å². The Balaban J connectivity index is 2.55. The second kappa shape index (κ2) is 15.7. The first-order valence-corrected chi connectivity index (χ1v) is 11.4. The predicted molar refractivity (Wildman–Crippen MR) is 121 cm³/mol. The summed E-state index contributed by atoms with van der Waals surface area (Å²) in [6.07, 6.45) is -3.52. The number of benzene rings is 1. The lowest BCUT2D eigenvalue weighted by atomic mass is 10.1. The van der Waals surface area contributed by atoms with Crippen LogP contribution in [0.15, 0.2) is 30.3 Å². The van der Waals surface area contributed by atoms with Crippen LogP contribution in [-0.2, 0) is 30.5 Å². The monoisotopic (exact) mass is 501 g/mol. The third-order valence-electron chi connectivity index (χ3n) is 4.86. The summed E-state index contributed by atoms with van der Waals surface area (Å²) in [7, 11) is 0. The first-order valence-electron chi connectivity index (χ1n) is 11.4. The summed E-state index contributed by atoms with van der Waals surface area (Å²) >= 11 is 0. The first-order chi connectivity index (χ1) is 16.5. The van der Waals surface area contributed by atoms with Crippen LogP contribution in [0.4, 0.5) is 13.2 Å². The van der Waals surface area contributed by atoms with E-state index >= 15 is 0 Å². The number of carbonyl (C=O) groups is 4. The average molecular weight is 502 g/mol. The molecule has 4 N–H and O–H groups in total. The van der Waals surface area contributed by atoms with E-state index in [4.69, 9.17) is 10.5 Å². The summed E-state index contributed by atoms with van der Waals surface area (Å²) in [5.41, 5.74) is 8.70. The van der Waals surface area contributed by atoms with E-state index in [0.29, 0.717) is 13.0 Å². The van der Waals surface area contributed by atoms with Crippen molar-refractivity contribution in [1.29, 1.82) is 0 Å². The molecular formula is C23H32F3N4O5. The second-order valence-electron chi connectivity index (χ2n) is 7.86. The van der Waals surface area contributed by atoms with Gasteiger partial charge >= 0.3 is 18.1 Å². The third kappa shape index (κ3) is 12.8. The van der Waals surface area contributed by atoms with Crippen molar-refractivity contribution in [1.82, 2.24) is 21.7 Å². The molecule has 0 fully saturated rings. The largest absolute Gasteiger partial charge is 0.471 e. The molecule has 0 heterocycles. The number of ether oxygens (including phenoxy) is 1. The third-order valence-corrected chi connectivity index (χ3v) is 4.86. The van der Waals surface area contributed by atoms with Crippen LogP contribution in [0.25, 0.3) is 0 Å². The van der Waals surface area contributed by atoms with E-state index < -0.39 is 48.4 Å². The summed E-state index contributed by atoms with van der Waals surface area (Å²) in [5, 5.41) is 6.74. The van der Waals surface area contributed by atoms with E-state index in [1.54, 1.807) is 29.6 Å². The molecule has 1 aromatic rings. The van der Waals surface area contributed by atoms with Crippen molar-refractivity contribution in [2.75, 3.05) is 13.1 Å². The zero-order valence-corrected chi connectivity index (χ0v) is 19.6. The molecule has 9 nitrogen and oxygen atoms in total. The molecule has 2 unspecified atom stereocenters. The van der Waals surface area contributed by atoms with Crippen molar-refractivity contribution in [2.45, 2.75) is 70.3 Å². The fourth-order valence-corrected chi connectivity index (χ4v) is 2.86. The van der Waals surface area contributed by atoms with Crippen LogP contribution in [0, 0.1) is 0 Å². The van der Waals surface area contributed by atoms with Gasteiger partial charge in [0.25, 0.3) is 0 Å². The molecule has 0 aliphatic rings. The van der Waals surface area contributed by atoms with E-state index in [9.17, 15) is 32.3 Å². The maximum atomic E-state index is 12.5. The van der Waals surface area contributed by atoms with E-state index in [0.717, 1.165) is 12.0 Å². The lowest BCUT2D eigenvalue weighted by Crippen LogP contribution is -2.51. The van der Waals surface area contributed by atoms with E-state index in [-0.39, 0.29) is 32.4 Å². The summed E-state index contributed by atoms with van der Waals surface area (Å²) in [6, 6.07) is 6.37. The van der Waals surface area contributed by atoms with Crippen LogP contribution < -0.4 is 21.7 Å². The van der Waals surface area contributed by atoms with Gasteiger partial charge in [0.05, 0.1) is 12.5 Å². The van der Waals surface area contributed by atoms with Gasteiger partial charge in [-0.05, 0) is 31.2 Å². The van der Waals surface area contributed by atoms with Crippen LogP contribution in [0.2, 0.25) is 0 Å². The van der Waals surface area contributed by atoms with Gasteiger partial charge in [-0.25, -0.2) is 5.73 Å². The van der Waals surface area contributed by atoms with Crippen LogP contribution in [0.3, 0.4) is 0 Å². The Morgan fingerprint density at radius 1 is 0.971 bits per heavy atom. The first kappa shape index (κ1) is 29.9. The van der Waals surface area contributed by atoms with Gasteiger partial charge in [0.1, 0.15) is 12.6 Å². The van der Waals surface area contributed by atoms with Gasteiger partial charge in [-0.3, -0.25) is 19.2 Å². The SMILES string of the molecule is CCCCNC(=O)C(CC(=O)OCc1ccccc1)NC(=O)C([NH])CCCCNC(=O)C(F)(F)F. The summed E-state index contributed by atoms with van der Waals surface area (Å²) in [6.45, 7) is 2.05. The zero-order valence-electron chi connectivity index (χ0n) is 19.6. The standard InChI is InChI=1S/C23H32F3N4O5/c1-2-3-12-28-21(33)18(14-19(31)35-15-16-9-5-4-6-10-16)30-20(32)17(27)11-7-8-13-29-22(34)23(24,25)26/h4-6,9-10,17-18,27H,2-3,7-8,11-15H2,1H3,(H,28,33)(H,29,34)(H,30,32). The van der Waals surface area contributed by atoms with Gasteiger partial charge in [0.2, 0.25) is 11.8 Å². The number of hydrogen-bond acceptors (Lipinski definition) is 5. The van der Waals surface area contributed by atoms with Crippen molar-refractivity contribution < 1.29 is 37.1 Å². The van der Waals surface area contributed by atoms with Crippen molar-refractivity contribution in [2.24, 2.45) is 0 Å². The molecule has 0 aromatic heterocycles. The number of rotatable bonds is 15. The molecule has 1 radical (unpaired) electrons. The molecule has 1 rings (SSSR count). The van der Waals surface area contributed by atoms with Gasteiger partial charge in [-0.1, -0.05) is 43.7 Å². The molecule has 0 spiro atoms. The van der Waals surface area contributed by atoms with Gasteiger partial charge in [-0.15, -0.1) is 0 Å². The number of esters is 1. The number of nitrogens with one attached hydrogen (secondary N) is 4. The number of alkyl halides is 3. The Morgan fingerprint density at radius 2 is 1.63 bits per heavy atom. The molecule has 35 heavy (non-hydrogen) atoms. The molecule has 2 atom stereocenters. The van der Waals surface area contributed by atoms with E-state index in [2.05, 4.69) is 10.6 Å². The fourth-order valence-electron chi connectivity index (χ4n) is 2.86. The van der Waals surface area contributed by atoms with Gasteiger partial charge < -0.3 is 20.7 Å². The molecule has 195 valence electrons. The highest BCUT2D eigenvalue weighted by Gasteiger charge is 2.38. The number of amides is 3. The van der Waals surface area contributed by atoms with Crippen molar-refractivity contribution >= 4 is 23.7 Å². The maximum Gasteiger partial charge on any atom is 0.471 e. The van der Waals surface area contributed by atoms with Crippen molar-refractivity contribution in [3.8, 4) is 0 Å². The summed E-state index contributed by atoms with van der Waals surface area (Å²) < 4.78 is 41.6. The Kier molecular flexibility index (Phi) is 13.4. The average Bonchev–Trinajstić information content (AvgIpc) is 2.81. The van der Waals surface area contributed by atoms with Gasteiger partial charge in [0, 0.05) is 13.1 Å². The molecular weight excluding hydrogens is 469 g/mol. The topological polar surface area (TPSA) is 137 Å². The Labute approximate surface area is 202 Å². The lowest BCUT2D eigenvalue weighted by molar-refractivity contribution is -0.173. The molecule has 3 amide bonds. The lowest BCUT2D eigenvalue weighted by Gasteiger charge is -2.20. The summed E-state index contributed by atoms with van der Waals surface area (Å²) in [4.78, 5) is 47.9. The van der Waals surface area contributed by atoms with Crippen molar-refractivity contribution in [3.63, 3.8) is 0 Å². The fraction of sp³-hybridized carbons (Fsp3) is 0.565. The van der Waals surface area contributed by atoms with Crippen LogP contribution in [-0.4, -0.2) is 55.0 Å². The minimum absolute atomic E-state index is 0.00362. The highest BCUT2D eigenvalue weighted by molar-refractivity contribution is 5.92. The summed E-state index contributed by atoms with van der Waals surface area (Å²) in [5.74, 6) is -4.12. The minimum atomic E-state index is -4.97. The Hall–Kier alpha value is -3.15. The molecule has 12 heteroatoms. The number of hydrogen-bond donors (Lipinski definition) is 3. The molecule has 0 saturated heterocycles. The molecule has 1 aromatic carbocycles. The normalized spacial score (nSPS) is 12.8. The number of unbranched alkanes of at least 4 members (excludes halogenated alkanes) is 2. The smallest absolute Gasteiger partial charge is 0.461 e. The van der Waals surface area contributed by atoms with Gasteiger partial charge in [-0.2, -0.15) is 13.2 Å². The molecule has 0 aliphatic heterocycles.